The quantitative estimate of drug-likeness (QED) is 0.742. The van der Waals surface area contributed by atoms with Gasteiger partial charge < -0.3 is 15.3 Å². The topological polar surface area (TPSA) is 72.9 Å². The number of rotatable bonds is 4. The van der Waals surface area contributed by atoms with Crippen LogP contribution in [-0.4, -0.2) is 66.1 Å². The minimum Gasteiger partial charge on any atom is -0.480 e. The average molecular weight is 267 g/mol. The maximum Gasteiger partial charge on any atom is 0.322 e. The van der Waals surface area contributed by atoms with Crippen LogP contribution in [0.1, 0.15) is 19.3 Å². The number of piperazine rings is 1. The number of nitrogens with one attached hydrogen (secondary N) is 1. The van der Waals surface area contributed by atoms with Gasteiger partial charge in [-0.05, 0) is 19.3 Å². The zero-order chi connectivity index (χ0) is 13.8. The molecule has 0 aromatic heterocycles. The lowest BCUT2D eigenvalue weighted by Gasteiger charge is -2.34. The third-order valence-electron chi connectivity index (χ3n) is 3.80. The van der Waals surface area contributed by atoms with Gasteiger partial charge in [-0.15, -0.1) is 0 Å². The Morgan fingerprint density at radius 3 is 3.00 bits per heavy atom. The molecule has 1 saturated heterocycles. The maximum atomic E-state index is 12.2. The van der Waals surface area contributed by atoms with Crippen molar-refractivity contribution in [3.05, 3.63) is 11.8 Å². The Hall–Kier alpha value is -1.40. The predicted octanol–water partition coefficient (Wildman–Crippen LogP) is -0.129. The highest BCUT2D eigenvalue weighted by molar-refractivity contribution is 5.81. The summed E-state index contributed by atoms with van der Waals surface area (Å²) in [6.07, 6.45) is 5.15. The fourth-order valence-corrected chi connectivity index (χ4v) is 2.58. The van der Waals surface area contributed by atoms with E-state index >= 15 is 0 Å². The van der Waals surface area contributed by atoms with Crippen molar-refractivity contribution in [3.8, 4) is 0 Å². The van der Waals surface area contributed by atoms with Crippen molar-refractivity contribution in [2.24, 2.45) is 0 Å². The second kappa shape index (κ2) is 6.16. The van der Waals surface area contributed by atoms with Crippen LogP contribution >= 0.6 is 0 Å². The summed E-state index contributed by atoms with van der Waals surface area (Å²) in [5, 5.41) is 12.2. The third kappa shape index (κ3) is 3.33. The zero-order valence-electron chi connectivity index (χ0n) is 11.3. The number of hydrogen-bond donors (Lipinski definition) is 2. The molecule has 6 heteroatoms. The van der Waals surface area contributed by atoms with Gasteiger partial charge in [-0.25, -0.2) is 0 Å². The highest BCUT2D eigenvalue weighted by Crippen LogP contribution is 2.20. The Morgan fingerprint density at radius 1 is 1.58 bits per heavy atom. The molecule has 2 rings (SSSR count). The number of nitrogens with zero attached hydrogens (tertiary/aromatic N) is 2. The molecule has 0 radical (unpaired) electrons. The van der Waals surface area contributed by atoms with Gasteiger partial charge in [0.2, 0.25) is 5.91 Å². The molecule has 0 saturated carbocycles. The molecule has 1 aliphatic carbocycles. The summed E-state index contributed by atoms with van der Waals surface area (Å²) in [6, 6.07) is -0.608. The Labute approximate surface area is 113 Å². The van der Waals surface area contributed by atoms with E-state index in [0.717, 1.165) is 31.5 Å². The Balaban J connectivity index is 1.94. The molecule has 6 nitrogen and oxygen atoms in total. The van der Waals surface area contributed by atoms with Crippen LogP contribution in [0.15, 0.2) is 11.8 Å². The number of carbonyl (C=O) groups is 2. The molecule has 1 unspecified atom stereocenters. The lowest BCUT2D eigenvalue weighted by molar-refractivity contribution is -0.145. The van der Waals surface area contributed by atoms with E-state index < -0.39 is 12.0 Å². The van der Waals surface area contributed by atoms with Crippen LogP contribution in [0, 0.1) is 0 Å². The van der Waals surface area contributed by atoms with Gasteiger partial charge in [0.1, 0.15) is 6.04 Å². The molecular weight excluding hydrogens is 246 g/mol. The second-order valence-electron chi connectivity index (χ2n) is 5.07. The third-order valence-corrected chi connectivity index (χ3v) is 3.80. The van der Waals surface area contributed by atoms with Crippen molar-refractivity contribution >= 4 is 11.9 Å². The molecule has 106 valence electrons. The number of allylic oxidation sites excluding steroid dienone is 2. The molecule has 2 aliphatic rings. The number of carboxylic acids is 1. The summed E-state index contributed by atoms with van der Waals surface area (Å²) < 4.78 is 0. The van der Waals surface area contributed by atoms with Gasteiger partial charge in [0.25, 0.3) is 0 Å². The molecule has 19 heavy (non-hydrogen) atoms. The fourth-order valence-electron chi connectivity index (χ4n) is 2.58. The number of hydrogen-bond acceptors (Lipinski definition) is 4. The monoisotopic (exact) mass is 267 g/mol. The van der Waals surface area contributed by atoms with Crippen LogP contribution in [0.5, 0.6) is 0 Å². The van der Waals surface area contributed by atoms with E-state index in [1.807, 2.05) is 0 Å². The first-order valence-corrected chi connectivity index (χ1v) is 6.72. The van der Waals surface area contributed by atoms with E-state index in [0.29, 0.717) is 13.1 Å². The summed E-state index contributed by atoms with van der Waals surface area (Å²) >= 11 is 0. The van der Waals surface area contributed by atoms with E-state index in [1.165, 1.54) is 0 Å². The highest BCUT2D eigenvalue weighted by Gasteiger charge is 2.30. The van der Waals surface area contributed by atoms with Gasteiger partial charge in [-0.2, -0.15) is 0 Å². The SMILES string of the molecule is CN(C(=O)CN1CCNCC1C(=O)O)C1=CCCC1. The Morgan fingerprint density at radius 2 is 2.37 bits per heavy atom. The summed E-state index contributed by atoms with van der Waals surface area (Å²) in [5.74, 6) is -0.899. The number of carboxylic acid groups (broad SMARTS) is 1. The van der Waals surface area contributed by atoms with Crippen molar-refractivity contribution in [1.82, 2.24) is 15.1 Å². The standard InChI is InChI=1S/C13H21N3O3/c1-15(10-4-2-3-5-10)12(17)9-16-7-6-14-8-11(16)13(18)19/h4,11,14H,2-3,5-9H2,1H3,(H,18,19). The van der Waals surface area contributed by atoms with Crippen LogP contribution in [0.25, 0.3) is 0 Å². The van der Waals surface area contributed by atoms with E-state index in [9.17, 15) is 9.59 Å². The first-order chi connectivity index (χ1) is 9.09. The smallest absolute Gasteiger partial charge is 0.322 e. The van der Waals surface area contributed by atoms with E-state index in [4.69, 9.17) is 5.11 Å². The average Bonchev–Trinajstić information content (AvgIpc) is 2.92. The normalized spacial score (nSPS) is 24.1. The van der Waals surface area contributed by atoms with Crippen LogP contribution < -0.4 is 5.32 Å². The molecule has 0 aromatic rings. The molecule has 0 spiro atoms. The predicted molar refractivity (Wildman–Crippen MR) is 70.6 cm³/mol. The first kappa shape index (κ1) is 14.0. The van der Waals surface area contributed by atoms with E-state index in [1.54, 1.807) is 16.8 Å². The van der Waals surface area contributed by atoms with Crippen molar-refractivity contribution in [1.29, 1.82) is 0 Å². The minimum absolute atomic E-state index is 0.0266. The minimum atomic E-state index is -0.872. The molecule has 1 aliphatic heterocycles. The van der Waals surface area contributed by atoms with Gasteiger partial charge in [-0.1, -0.05) is 6.08 Å². The van der Waals surface area contributed by atoms with E-state index in [2.05, 4.69) is 11.4 Å². The van der Waals surface area contributed by atoms with Gasteiger partial charge in [0, 0.05) is 32.4 Å². The highest BCUT2D eigenvalue weighted by atomic mass is 16.4. The molecule has 1 heterocycles. The van der Waals surface area contributed by atoms with Crippen LogP contribution in [0.3, 0.4) is 0 Å². The molecular formula is C13H21N3O3. The summed E-state index contributed by atoms with van der Waals surface area (Å²) in [7, 11) is 1.78. The molecule has 1 fully saturated rings. The Kier molecular flexibility index (Phi) is 4.55. The van der Waals surface area contributed by atoms with Crippen molar-refractivity contribution in [2.75, 3.05) is 33.2 Å². The van der Waals surface area contributed by atoms with Crippen LogP contribution in [-0.2, 0) is 9.59 Å². The van der Waals surface area contributed by atoms with Gasteiger partial charge >= 0.3 is 5.97 Å². The number of carbonyl (C=O) groups excluding carboxylic acids is 1. The van der Waals surface area contributed by atoms with Crippen LogP contribution in [0.4, 0.5) is 0 Å². The Bertz CT molecular complexity index is 395. The van der Waals surface area contributed by atoms with Crippen molar-refractivity contribution in [2.45, 2.75) is 25.3 Å². The molecule has 2 N–H and O–H groups in total. The largest absolute Gasteiger partial charge is 0.480 e. The lowest BCUT2D eigenvalue weighted by atomic mass is 10.2. The van der Waals surface area contributed by atoms with Gasteiger partial charge in [0.15, 0.2) is 0 Å². The lowest BCUT2D eigenvalue weighted by Crippen LogP contribution is -2.57. The first-order valence-electron chi connectivity index (χ1n) is 6.72. The fraction of sp³-hybridized carbons (Fsp3) is 0.692. The summed E-state index contributed by atoms with van der Waals surface area (Å²) in [4.78, 5) is 26.8. The summed E-state index contributed by atoms with van der Waals surface area (Å²) in [6.45, 7) is 1.89. The summed E-state index contributed by atoms with van der Waals surface area (Å²) in [5.41, 5.74) is 1.06. The molecule has 0 bridgehead atoms. The number of likely N-dealkylation sites (N-methyl/N-ethyl adjacent to an activating group) is 1. The van der Waals surface area contributed by atoms with Gasteiger partial charge in [0.05, 0.1) is 6.54 Å². The zero-order valence-corrected chi connectivity index (χ0v) is 11.3. The van der Waals surface area contributed by atoms with Crippen molar-refractivity contribution in [3.63, 3.8) is 0 Å². The number of aliphatic carboxylic acids is 1. The maximum absolute atomic E-state index is 12.2. The van der Waals surface area contributed by atoms with E-state index in [-0.39, 0.29) is 12.5 Å². The molecule has 1 atom stereocenters. The van der Waals surface area contributed by atoms with Gasteiger partial charge in [-0.3, -0.25) is 14.5 Å². The molecule has 1 amide bonds. The number of amides is 1. The van der Waals surface area contributed by atoms with Crippen molar-refractivity contribution < 1.29 is 14.7 Å². The molecule has 0 aromatic carbocycles. The second-order valence-corrected chi connectivity index (χ2v) is 5.07. The van der Waals surface area contributed by atoms with Crippen LogP contribution in [0.2, 0.25) is 0 Å².